The van der Waals surface area contributed by atoms with Gasteiger partial charge in [0.25, 0.3) is 11.8 Å². The number of aryl methyl sites for hydroxylation is 1. The molecule has 2 aromatic carbocycles. The van der Waals surface area contributed by atoms with E-state index in [9.17, 15) is 9.59 Å². The topological polar surface area (TPSA) is 93.5 Å². The van der Waals surface area contributed by atoms with E-state index in [-0.39, 0.29) is 6.10 Å². The van der Waals surface area contributed by atoms with Gasteiger partial charge in [-0.3, -0.25) is 20.4 Å². The van der Waals surface area contributed by atoms with Crippen LogP contribution in [0.2, 0.25) is 0 Å². The lowest BCUT2D eigenvalue weighted by atomic mass is 10.2. The van der Waals surface area contributed by atoms with Crippen molar-refractivity contribution in [1.82, 2.24) is 16.0 Å². The lowest BCUT2D eigenvalue weighted by molar-refractivity contribution is 0.0845. The number of aromatic nitrogens is 1. The summed E-state index contributed by atoms with van der Waals surface area (Å²) in [6, 6.07) is 15.7. The molecule has 0 radical (unpaired) electrons. The molecule has 0 saturated carbocycles. The molecule has 0 spiro atoms. The minimum absolute atomic E-state index is 0.0509. The van der Waals surface area contributed by atoms with Crippen LogP contribution in [0.3, 0.4) is 0 Å². The molecule has 8 heteroatoms. The van der Waals surface area contributed by atoms with Crippen molar-refractivity contribution in [1.29, 1.82) is 0 Å². The average molecular weight is 426 g/mol. The van der Waals surface area contributed by atoms with E-state index in [2.05, 4.69) is 16.0 Å². The van der Waals surface area contributed by atoms with E-state index < -0.39 is 11.8 Å². The molecule has 2 N–H and O–H groups in total. The van der Waals surface area contributed by atoms with Crippen LogP contribution < -0.4 is 15.6 Å². The SMILES string of the molecule is Cc1cc(CSc2ccccc2C(=O)NNC(=O)c2ccc(OC(C)C)cc2)on1. The molecule has 0 saturated heterocycles. The minimum Gasteiger partial charge on any atom is -0.491 e. The lowest BCUT2D eigenvalue weighted by Crippen LogP contribution is -2.41. The number of hydrogen-bond donors (Lipinski definition) is 2. The molecule has 156 valence electrons. The first-order valence-corrected chi connectivity index (χ1v) is 10.4. The summed E-state index contributed by atoms with van der Waals surface area (Å²) < 4.78 is 10.8. The molecule has 0 aliphatic rings. The summed E-state index contributed by atoms with van der Waals surface area (Å²) in [6.45, 7) is 5.71. The zero-order valence-electron chi connectivity index (χ0n) is 17.0. The zero-order chi connectivity index (χ0) is 21.5. The number of nitrogens with one attached hydrogen (secondary N) is 2. The molecular formula is C22H23N3O4S. The molecular weight excluding hydrogens is 402 g/mol. The van der Waals surface area contributed by atoms with Gasteiger partial charge in [0.2, 0.25) is 0 Å². The molecule has 0 aliphatic heterocycles. The third-order valence-electron chi connectivity index (χ3n) is 3.96. The summed E-state index contributed by atoms with van der Waals surface area (Å²) in [5, 5.41) is 3.86. The second kappa shape index (κ2) is 9.98. The van der Waals surface area contributed by atoms with Gasteiger partial charge in [0.05, 0.1) is 23.1 Å². The summed E-state index contributed by atoms with van der Waals surface area (Å²) in [6.07, 6.45) is 0.0509. The Labute approximate surface area is 179 Å². The van der Waals surface area contributed by atoms with Gasteiger partial charge in [0.1, 0.15) is 11.5 Å². The quantitative estimate of drug-likeness (QED) is 0.437. The molecule has 0 atom stereocenters. The molecule has 3 rings (SSSR count). The van der Waals surface area contributed by atoms with Gasteiger partial charge in [-0.15, -0.1) is 11.8 Å². The van der Waals surface area contributed by atoms with Crippen LogP contribution in [0.4, 0.5) is 0 Å². The van der Waals surface area contributed by atoms with E-state index in [0.29, 0.717) is 22.6 Å². The normalized spacial score (nSPS) is 10.7. The third-order valence-corrected chi connectivity index (χ3v) is 5.05. The Morgan fingerprint density at radius 3 is 2.43 bits per heavy atom. The lowest BCUT2D eigenvalue weighted by Gasteiger charge is -2.12. The number of hydrazine groups is 1. The number of hydrogen-bond acceptors (Lipinski definition) is 6. The first-order chi connectivity index (χ1) is 14.4. The van der Waals surface area contributed by atoms with Gasteiger partial charge in [0.15, 0.2) is 0 Å². The van der Waals surface area contributed by atoms with Crippen LogP contribution in [0.25, 0.3) is 0 Å². The van der Waals surface area contributed by atoms with E-state index in [4.69, 9.17) is 9.26 Å². The van der Waals surface area contributed by atoms with Gasteiger partial charge in [-0.1, -0.05) is 17.3 Å². The maximum atomic E-state index is 12.6. The fourth-order valence-electron chi connectivity index (χ4n) is 2.62. The Balaban J connectivity index is 1.58. The van der Waals surface area contributed by atoms with Gasteiger partial charge >= 0.3 is 0 Å². The number of rotatable bonds is 7. The van der Waals surface area contributed by atoms with Crippen molar-refractivity contribution in [2.75, 3.05) is 0 Å². The molecule has 0 aliphatic carbocycles. The molecule has 3 aromatic rings. The third kappa shape index (κ3) is 5.87. The second-order valence-electron chi connectivity index (χ2n) is 6.82. The van der Waals surface area contributed by atoms with E-state index >= 15 is 0 Å². The van der Waals surface area contributed by atoms with Crippen LogP contribution in [0.15, 0.2) is 64.0 Å². The maximum Gasteiger partial charge on any atom is 0.270 e. The van der Waals surface area contributed by atoms with Crippen LogP contribution in [-0.2, 0) is 5.75 Å². The van der Waals surface area contributed by atoms with Crippen LogP contribution in [0, 0.1) is 6.92 Å². The smallest absolute Gasteiger partial charge is 0.270 e. The van der Waals surface area contributed by atoms with Crippen molar-refractivity contribution in [2.24, 2.45) is 0 Å². The predicted molar refractivity (Wildman–Crippen MR) is 114 cm³/mol. The predicted octanol–water partition coefficient (Wildman–Crippen LogP) is 4.14. The van der Waals surface area contributed by atoms with E-state index in [1.165, 1.54) is 11.8 Å². The van der Waals surface area contributed by atoms with Crippen LogP contribution >= 0.6 is 11.8 Å². The first kappa shape index (κ1) is 21.4. The van der Waals surface area contributed by atoms with Crippen molar-refractivity contribution >= 4 is 23.6 Å². The molecule has 2 amide bonds. The largest absolute Gasteiger partial charge is 0.491 e. The number of carbonyl (C=O) groups excluding carboxylic acids is 2. The van der Waals surface area contributed by atoms with Crippen LogP contribution in [0.5, 0.6) is 5.75 Å². The molecule has 1 aromatic heterocycles. The fraction of sp³-hybridized carbons (Fsp3) is 0.227. The molecule has 7 nitrogen and oxygen atoms in total. The maximum absolute atomic E-state index is 12.6. The summed E-state index contributed by atoms with van der Waals surface area (Å²) in [4.78, 5) is 25.7. The second-order valence-corrected chi connectivity index (χ2v) is 7.84. The highest BCUT2D eigenvalue weighted by Gasteiger charge is 2.14. The van der Waals surface area contributed by atoms with E-state index in [1.54, 1.807) is 36.4 Å². The van der Waals surface area contributed by atoms with Gasteiger partial charge in [-0.05, 0) is 57.2 Å². The summed E-state index contributed by atoms with van der Waals surface area (Å²) in [7, 11) is 0. The van der Waals surface area contributed by atoms with Crippen molar-refractivity contribution in [2.45, 2.75) is 37.5 Å². The van der Waals surface area contributed by atoms with E-state index in [0.717, 1.165) is 16.3 Å². The molecule has 0 bridgehead atoms. The van der Waals surface area contributed by atoms with Crippen molar-refractivity contribution in [3.8, 4) is 5.75 Å². The molecule has 30 heavy (non-hydrogen) atoms. The number of amides is 2. The molecule has 0 unspecified atom stereocenters. The summed E-state index contributed by atoms with van der Waals surface area (Å²) in [5.74, 6) is 1.13. The van der Waals surface area contributed by atoms with Crippen molar-refractivity contribution in [3.63, 3.8) is 0 Å². The average Bonchev–Trinajstić information content (AvgIpc) is 3.15. The monoisotopic (exact) mass is 425 g/mol. The van der Waals surface area contributed by atoms with E-state index in [1.807, 2.05) is 39.0 Å². The molecule has 0 fully saturated rings. The highest BCUT2D eigenvalue weighted by molar-refractivity contribution is 7.98. The highest BCUT2D eigenvalue weighted by Crippen LogP contribution is 2.26. The Hall–Kier alpha value is -3.26. The Morgan fingerprint density at radius 1 is 1.07 bits per heavy atom. The molecule has 1 heterocycles. The standard InChI is InChI=1S/C22H23N3O4S/c1-14(2)28-17-10-8-16(9-11-17)21(26)23-24-22(27)19-6-4-5-7-20(19)30-13-18-12-15(3)25-29-18/h4-12,14H,13H2,1-3H3,(H,23,26)(H,24,27). The zero-order valence-corrected chi connectivity index (χ0v) is 17.8. The Bertz CT molecular complexity index is 1020. The van der Waals surface area contributed by atoms with Crippen LogP contribution in [-0.4, -0.2) is 23.1 Å². The van der Waals surface area contributed by atoms with Gasteiger partial charge in [0, 0.05) is 16.5 Å². The van der Waals surface area contributed by atoms with Crippen molar-refractivity contribution < 1.29 is 18.8 Å². The van der Waals surface area contributed by atoms with Gasteiger partial charge in [-0.2, -0.15) is 0 Å². The Morgan fingerprint density at radius 2 is 1.77 bits per heavy atom. The van der Waals surface area contributed by atoms with Gasteiger partial charge in [-0.25, -0.2) is 0 Å². The number of benzene rings is 2. The number of thioether (sulfide) groups is 1. The highest BCUT2D eigenvalue weighted by atomic mass is 32.2. The number of ether oxygens (including phenoxy) is 1. The number of nitrogens with zero attached hydrogens (tertiary/aromatic N) is 1. The Kier molecular flexibility index (Phi) is 7.13. The van der Waals surface area contributed by atoms with Crippen molar-refractivity contribution in [3.05, 3.63) is 77.2 Å². The summed E-state index contributed by atoms with van der Waals surface area (Å²) >= 11 is 1.46. The van der Waals surface area contributed by atoms with Crippen LogP contribution in [0.1, 0.15) is 46.0 Å². The minimum atomic E-state index is -0.415. The first-order valence-electron chi connectivity index (χ1n) is 9.44. The fourth-order valence-corrected chi connectivity index (χ4v) is 3.55. The van der Waals surface area contributed by atoms with Gasteiger partial charge < -0.3 is 9.26 Å². The number of carbonyl (C=O) groups is 2. The summed E-state index contributed by atoms with van der Waals surface area (Å²) in [5.41, 5.74) is 6.59.